The van der Waals surface area contributed by atoms with E-state index in [1.807, 2.05) is 6.07 Å². The summed E-state index contributed by atoms with van der Waals surface area (Å²) in [5.41, 5.74) is 6.43. The van der Waals surface area contributed by atoms with Gasteiger partial charge in [-0.25, -0.2) is 9.97 Å². The van der Waals surface area contributed by atoms with Crippen molar-refractivity contribution in [3.05, 3.63) is 115 Å². The first-order valence-corrected chi connectivity index (χ1v) is 12.1. The normalized spacial score (nSPS) is 11.7. The molecule has 0 aliphatic carbocycles. The Kier molecular flexibility index (Phi) is 4.43. The fraction of sp³-hybridized carbons (Fsp3) is 0.0625. The second kappa shape index (κ2) is 7.78. The quantitative estimate of drug-likeness (QED) is 0.255. The molecule has 0 fully saturated rings. The Labute approximate surface area is 203 Å². The molecule has 2 heterocycles. The first-order chi connectivity index (χ1) is 17.3. The predicted octanol–water partition coefficient (Wildman–Crippen LogP) is 8.11. The molecule has 0 N–H and O–H groups in total. The largest absolute Gasteiger partial charge is 0.296 e. The van der Waals surface area contributed by atoms with Gasteiger partial charge in [-0.1, -0.05) is 85.8 Å². The van der Waals surface area contributed by atoms with Gasteiger partial charge in [0.2, 0.25) is 0 Å². The van der Waals surface area contributed by atoms with Crippen LogP contribution in [0.2, 0.25) is 0 Å². The third-order valence-electron chi connectivity index (χ3n) is 6.94. The average Bonchev–Trinajstić information content (AvgIpc) is 3.31. The van der Waals surface area contributed by atoms with Gasteiger partial charge in [-0.2, -0.15) is 0 Å². The summed E-state index contributed by atoms with van der Waals surface area (Å²) in [5, 5.41) is 6.15. The van der Waals surface area contributed by atoms with Crippen molar-refractivity contribution in [2.45, 2.75) is 13.3 Å². The Hall–Kier alpha value is -4.50. The number of nitrogens with zero attached hydrogens (tertiary/aromatic N) is 3. The van der Waals surface area contributed by atoms with E-state index in [0.717, 1.165) is 45.7 Å². The number of hydrogen-bond acceptors (Lipinski definition) is 2. The molecule has 3 nitrogen and oxygen atoms in total. The van der Waals surface area contributed by atoms with Crippen LogP contribution in [0, 0.1) is 0 Å². The van der Waals surface area contributed by atoms with Crippen LogP contribution < -0.4 is 0 Å². The van der Waals surface area contributed by atoms with E-state index >= 15 is 0 Å². The van der Waals surface area contributed by atoms with Crippen LogP contribution in [-0.4, -0.2) is 14.5 Å². The summed E-state index contributed by atoms with van der Waals surface area (Å²) < 4.78 is 2.26. The smallest absolute Gasteiger partial charge is 0.114 e. The van der Waals surface area contributed by atoms with Gasteiger partial charge in [0.1, 0.15) is 5.82 Å². The van der Waals surface area contributed by atoms with Crippen LogP contribution in [0.1, 0.15) is 12.7 Å². The van der Waals surface area contributed by atoms with Crippen molar-refractivity contribution in [1.29, 1.82) is 0 Å². The Morgan fingerprint density at radius 1 is 0.600 bits per heavy atom. The zero-order valence-electron chi connectivity index (χ0n) is 19.4. The van der Waals surface area contributed by atoms with E-state index in [9.17, 15) is 0 Å². The van der Waals surface area contributed by atoms with Crippen molar-refractivity contribution in [3.63, 3.8) is 0 Å². The fourth-order valence-corrected chi connectivity index (χ4v) is 5.31. The van der Waals surface area contributed by atoms with Crippen molar-refractivity contribution in [2.75, 3.05) is 0 Å². The molecule has 35 heavy (non-hydrogen) atoms. The van der Waals surface area contributed by atoms with Crippen molar-refractivity contribution < 1.29 is 0 Å². The molecule has 0 bridgehead atoms. The van der Waals surface area contributed by atoms with Crippen molar-refractivity contribution >= 4 is 43.5 Å². The first kappa shape index (κ1) is 19.9. The van der Waals surface area contributed by atoms with Crippen LogP contribution >= 0.6 is 0 Å². The summed E-state index contributed by atoms with van der Waals surface area (Å²) in [6, 6.07) is 38.6. The van der Waals surface area contributed by atoms with Crippen LogP contribution in [0.5, 0.6) is 0 Å². The van der Waals surface area contributed by atoms with Crippen LogP contribution in [0.25, 0.3) is 60.4 Å². The second-order valence-electron chi connectivity index (χ2n) is 8.94. The molecule has 0 aliphatic rings. The molecule has 0 aliphatic heterocycles. The molecule has 0 unspecified atom stereocenters. The average molecular weight is 450 g/mol. The van der Waals surface area contributed by atoms with Gasteiger partial charge in [0.15, 0.2) is 0 Å². The lowest BCUT2D eigenvalue weighted by Gasteiger charge is -2.14. The lowest BCUT2D eigenvalue weighted by Crippen LogP contribution is -2.00. The van der Waals surface area contributed by atoms with Crippen LogP contribution in [0.15, 0.2) is 109 Å². The lowest BCUT2D eigenvalue weighted by molar-refractivity contribution is 0.908. The molecular formula is C32H23N3. The molecule has 3 heteroatoms. The van der Waals surface area contributed by atoms with Gasteiger partial charge < -0.3 is 0 Å². The number of aryl methyl sites for hydroxylation is 1. The number of benzene rings is 5. The second-order valence-corrected chi connectivity index (χ2v) is 8.94. The van der Waals surface area contributed by atoms with E-state index in [1.54, 1.807) is 0 Å². The maximum absolute atomic E-state index is 5.14. The summed E-state index contributed by atoms with van der Waals surface area (Å²) in [7, 11) is 0. The maximum atomic E-state index is 5.14. The monoisotopic (exact) mass is 449 g/mol. The molecule has 166 valence electrons. The highest BCUT2D eigenvalue weighted by Crippen LogP contribution is 2.37. The maximum Gasteiger partial charge on any atom is 0.114 e. The number of hydrogen-bond donors (Lipinski definition) is 0. The highest BCUT2D eigenvalue weighted by Gasteiger charge is 2.14. The summed E-state index contributed by atoms with van der Waals surface area (Å²) in [5.74, 6) is 1.07. The number of rotatable bonds is 3. The van der Waals surface area contributed by atoms with Gasteiger partial charge in [-0.15, -0.1) is 0 Å². The van der Waals surface area contributed by atoms with Crippen LogP contribution in [0.3, 0.4) is 0 Å². The summed E-state index contributed by atoms with van der Waals surface area (Å²) in [6.07, 6.45) is 0.875. The van der Waals surface area contributed by atoms with E-state index in [-0.39, 0.29) is 0 Å². The molecule has 5 aromatic carbocycles. The minimum atomic E-state index is 0.875. The number of fused-ring (bicyclic) bond motifs is 6. The molecule has 7 rings (SSSR count). The zero-order chi connectivity index (χ0) is 23.4. The Morgan fingerprint density at radius 2 is 1.31 bits per heavy atom. The zero-order valence-corrected chi connectivity index (χ0v) is 19.4. The van der Waals surface area contributed by atoms with E-state index in [1.165, 1.54) is 26.9 Å². The topological polar surface area (TPSA) is 30.7 Å². The van der Waals surface area contributed by atoms with Crippen molar-refractivity contribution in [2.24, 2.45) is 0 Å². The molecular weight excluding hydrogens is 426 g/mol. The summed E-state index contributed by atoms with van der Waals surface area (Å²) >= 11 is 0. The fourth-order valence-electron chi connectivity index (χ4n) is 5.31. The van der Waals surface area contributed by atoms with Crippen molar-refractivity contribution in [1.82, 2.24) is 14.5 Å². The molecule has 0 spiro atoms. The lowest BCUT2D eigenvalue weighted by atomic mass is 9.95. The van der Waals surface area contributed by atoms with Crippen LogP contribution in [-0.2, 0) is 6.42 Å². The highest BCUT2D eigenvalue weighted by atomic mass is 15.1. The van der Waals surface area contributed by atoms with Crippen LogP contribution in [0.4, 0.5) is 0 Å². The number of imidazole rings is 1. The Morgan fingerprint density at radius 3 is 2.14 bits per heavy atom. The molecule has 0 radical (unpaired) electrons. The summed E-state index contributed by atoms with van der Waals surface area (Å²) in [4.78, 5) is 9.98. The van der Waals surface area contributed by atoms with Gasteiger partial charge in [0.05, 0.1) is 22.2 Å². The van der Waals surface area contributed by atoms with Gasteiger partial charge in [-0.05, 0) is 41.1 Å². The van der Waals surface area contributed by atoms with Gasteiger partial charge in [-0.3, -0.25) is 4.57 Å². The Bertz CT molecular complexity index is 1860. The molecule has 0 saturated heterocycles. The predicted molar refractivity (Wildman–Crippen MR) is 146 cm³/mol. The highest BCUT2D eigenvalue weighted by molar-refractivity contribution is 6.22. The molecule has 0 amide bonds. The van der Waals surface area contributed by atoms with Gasteiger partial charge in [0.25, 0.3) is 0 Å². The molecule has 7 aromatic rings. The number of aromatic nitrogens is 3. The Balaban J connectivity index is 1.46. The van der Waals surface area contributed by atoms with Crippen molar-refractivity contribution in [3.8, 4) is 16.9 Å². The SMILES string of the molecule is CCc1nc2ccccc2n1-c1ccc(-c2nc3ccccc3c3c2ccc2ccccc23)cc1. The molecule has 0 atom stereocenters. The summed E-state index contributed by atoms with van der Waals surface area (Å²) in [6.45, 7) is 2.15. The van der Waals surface area contributed by atoms with E-state index in [0.29, 0.717) is 0 Å². The molecule has 2 aromatic heterocycles. The molecule has 0 saturated carbocycles. The minimum absolute atomic E-state index is 0.875. The number of pyridine rings is 1. The minimum Gasteiger partial charge on any atom is -0.296 e. The van der Waals surface area contributed by atoms with Gasteiger partial charge in [0, 0.05) is 33.8 Å². The number of para-hydroxylation sites is 3. The van der Waals surface area contributed by atoms with E-state index < -0.39 is 0 Å². The van der Waals surface area contributed by atoms with Gasteiger partial charge >= 0.3 is 0 Å². The van der Waals surface area contributed by atoms with E-state index in [2.05, 4.69) is 115 Å². The standard InChI is InChI=1S/C32H23N3/c1-2-30-33-28-13-7-8-14-29(28)35(30)23-18-15-22(16-19-23)32-26-20-17-21-9-3-4-10-24(21)31(26)25-11-5-6-12-27(25)34-32/h3-20H,2H2,1H3. The third kappa shape index (κ3) is 3.05. The third-order valence-corrected chi connectivity index (χ3v) is 6.94. The van der Waals surface area contributed by atoms with E-state index in [4.69, 9.17) is 9.97 Å². The first-order valence-electron chi connectivity index (χ1n) is 12.1.